The van der Waals surface area contributed by atoms with Crippen LogP contribution in [0.15, 0.2) is 29.2 Å². The van der Waals surface area contributed by atoms with Crippen molar-refractivity contribution in [3.8, 4) is 0 Å². The Morgan fingerprint density at radius 2 is 2.14 bits per heavy atom. The molecule has 0 aromatic heterocycles. The Hall–Kier alpha value is -0.630. The van der Waals surface area contributed by atoms with E-state index in [1.807, 2.05) is 11.8 Å². The molecule has 0 atom stereocenters. The van der Waals surface area contributed by atoms with Gasteiger partial charge in [-0.1, -0.05) is 24.4 Å². The van der Waals surface area contributed by atoms with E-state index in [9.17, 15) is 8.42 Å². The first-order valence-electron chi connectivity index (χ1n) is 6.92. The van der Waals surface area contributed by atoms with Crippen molar-refractivity contribution in [3.63, 3.8) is 0 Å². The Kier molecular flexibility index (Phi) is 6.04. The lowest BCUT2D eigenvalue weighted by molar-refractivity contribution is 0.312. The first kappa shape index (κ1) is 16.7. The van der Waals surface area contributed by atoms with Crippen molar-refractivity contribution in [2.24, 2.45) is 5.73 Å². The van der Waals surface area contributed by atoms with Gasteiger partial charge in [0, 0.05) is 24.4 Å². The molecule has 0 radical (unpaired) electrons. The standard InChI is InChI=1S/C14H20N2O2S3/c15-14(19)12-3-1-4-13(11-12)21(17,18)10-7-16-5-2-8-20-9-6-16/h1,3-4,11H,2,5-10H2,(H2,15,19). The van der Waals surface area contributed by atoms with Crippen LogP contribution in [0.2, 0.25) is 0 Å². The number of nitrogens with two attached hydrogens (primary N) is 1. The summed E-state index contributed by atoms with van der Waals surface area (Å²) in [5.74, 6) is 2.38. The van der Waals surface area contributed by atoms with Crippen LogP contribution in [0.5, 0.6) is 0 Å². The maximum Gasteiger partial charge on any atom is 0.179 e. The van der Waals surface area contributed by atoms with Gasteiger partial charge < -0.3 is 10.6 Å². The van der Waals surface area contributed by atoms with Crippen LogP contribution in [0.1, 0.15) is 12.0 Å². The van der Waals surface area contributed by atoms with E-state index in [2.05, 4.69) is 4.90 Å². The Bertz CT molecular complexity index is 594. The molecule has 0 amide bonds. The highest BCUT2D eigenvalue weighted by Gasteiger charge is 2.18. The molecular weight excluding hydrogens is 324 g/mol. The average molecular weight is 345 g/mol. The van der Waals surface area contributed by atoms with E-state index in [4.69, 9.17) is 18.0 Å². The van der Waals surface area contributed by atoms with Crippen LogP contribution in [0.4, 0.5) is 0 Å². The summed E-state index contributed by atoms with van der Waals surface area (Å²) in [4.78, 5) is 2.75. The van der Waals surface area contributed by atoms with E-state index >= 15 is 0 Å². The van der Waals surface area contributed by atoms with Gasteiger partial charge in [0.2, 0.25) is 0 Å². The molecule has 1 saturated heterocycles. The van der Waals surface area contributed by atoms with Crippen LogP contribution >= 0.6 is 24.0 Å². The number of thioether (sulfide) groups is 1. The SMILES string of the molecule is NC(=S)c1cccc(S(=O)(=O)CCN2CCCSCC2)c1. The summed E-state index contributed by atoms with van der Waals surface area (Å²) in [6.07, 6.45) is 1.13. The van der Waals surface area contributed by atoms with Gasteiger partial charge in [-0.2, -0.15) is 11.8 Å². The largest absolute Gasteiger partial charge is 0.389 e. The lowest BCUT2D eigenvalue weighted by Crippen LogP contribution is -2.31. The Morgan fingerprint density at radius 1 is 1.33 bits per heavy atom. The fourth-order valence-electron chi connectivity index (χ4n) is 2.23. The molecular formula is C14H20N2O2S3. The number of sulfone groups is 1. The third-order valence-corrected chi connectivity index (χ3v) is 6.45. The Labute approximate surface area is 136 Å². The predicted octanol–water partition coefficient (Wildman–Crippen LogP) is 1.53. The molecule has 0 aliphatic carbocycles. The Morgan fingerprint density at radius 3 is 2.90 bits per heavy atom. The topological polar surface area (TPSA) is 63.4 Å². The molecule has 21 heavy (non-hydrogen) atoms. The molecule has 0 unspecified atom stereocenters. The summed E-state index contributed by atoms with van der Waals surface area (Å²) in [6, 6.07) is 6.59. The van der Waals surface area contributed by atoms with Crippen LogP contribution in [0.3, 0.4) is 0 Å². The van der Waals surface area contributed by atoms with E-state index in [0.717, 1.165) is 25.3 Å². The summed E-state index contributed by atoms with van der Waals surface area (Å²) in [5.41, 5.74) is 6.15. The zero-order valence-electron chi connectivity index (χ0n) is 11.8. The molecule has 0 bridgehead atoms. The maximum absolute atomic E-state index is 12.4. The van der Waals surface area contributed by atoms with Gasteiger partial charge in [-0.15, -0.1) is 0 Å². The highest BCUT2D eigenvalue weighted by molar-refractivity contribution is 7.99. The summed E-state index contributed by atoms with van der Waals surface area (Å²) >= 11 is 6.83. The zero-order chi connectivity index (χ0) is 15.3. The van der Waals surface area contributed by atoms with Gasteiger partial charge in [-0.05, 0) is 30.9 Å². The molecule has 7 heteroatoms. The van der Waals surface area contributed by atoms with Crippen LogP contribution in [-0.4, -0.2) is 55.2 Å². The molecule has 1 aliphatic rings. The van der Waals surface area contributed by atoms with E-state index in [1.165, 1.54) is 5.75 Å². The second-order valence-electron chi connectivity index (χ2n) is 5.02. The first-order valence-corrected chi connectivity index (χ1v) is 10.1. The van der Waals surface area contributed by atoms with E-state index in [-0.39, 0.29) is 10.7 Å². The van der Waals surface area contributed by atoms with Gasteiger partial charge >= 0.3 is 0 Å². The summed E-state index contributed by atoms with van der Waals surface area (Å²) in [5, 5.41) is 0. The number of hydrogen-bond donors (Lipinski definition) is 1. The van der Waals surface area contributed by atoms with Gasteiger partial charge in [-0.25, -0.2) is 8.42 Å². The number of nitrogens with zero attached hydrogens (tertiary/aromatic N) is 1. The molecule has 116 valence electrons. The number of benzene rings is 1. The molecule has 0 saturated carbocycles. The van der Waals surface area contributed by atoms with Crippen LogP contribution < -0.4 is 5.73 Å². The predicted molar refractivity (Wildman–Crippen MR) is 92.8 cm³/mol. The molecule has 1 aromatic carbocycles. The molecule has 1 fully saturated rings. The van der Waals surface area contributed by atoms with E-state index in [1.54, 1.807) is 24.3 Å². The number of thiocarbonyl (C=S) groups is 1. The molecule has 4 nitrogen and oxygen atoms in total. The Balaban J connectivity index is 2.04. The second kappa shape index (κ2) is 7.58. The molecule has 0 spiro atoms. The number of rotatable bonds is 5. The van der Waals surface area contributed by atoms with Crippen molar-refractivity contribution >= 4 is 38.8 Å². The normalized spacial score (nSPS) is 17.3. The van der Waals surface area contributed by atoms with Crippen molar-refractivity contribution in [1.29, 1.82) is 0 Å². The minimum atomic E-state index is -3.29. The molecule has 1 aromatic rings. The fourth-order valence-corrected chi connectivity index (χ4v) is 4.61. The van der Waals surface area contributed by atoms with Crippen molar-refractivity contribution in [3.05, 3.63) is 29.8 Å². The molecule has 1 aliphatic heterocycles. The lowest BCUT2D eigenvalue weighted by Gasteiger charge is -2.19. The second-order valence-corrected chi connectivity index (χ2v) is 8.79. The minimum Gasteiger partial charge on any atom is -0.389 e. The van der Waals surface area contributed by atoms with Gasteiger partial charge in [0.15, 0.2) is 9.84 Å². The molecule has 2 rings (SSSR count). The summed E-state index contributed by atoms with van der Waals surface area (Å²) < 4.78 is 24.8. The fraction of sp³-hybridized carbons (Fsp3) is 0.500. The third kappa shape index (κ3) is 4.95. The van der Waals surface area contributed by atoms with Crippen molar-refractivity contribution in [1.82, 2.24) is 4.90 Å². The highest BCUT2D eigenvalue weighted by atomic mass is 32.2. The van der Waals surface area contributed by atoms with Gasteiger partial charge in [0.25, 0.3) is 0 Å². The van der Waals surface area contributed by atoms with Gasteiger partial charge in [0.05, 0.1) is 10.6 Å². The summed E-state index contributed by atoms with van der Waals surface area (Å²) in [7, 11) is -3.29. The van der Waals surface area contributed by atoms with Crippen LogP contribution in [0, 0.1) is 0 Å². The first-order chi connectivity index (χ1) is 9.99. The van der Waals surface area contributed by atoms with E-state index < -0.39 is 9.84 Å². The smallest absolute Gasteiger partial charge is 0.179 e. The van der Waals surface area contributed by atoms with Gasteiger partial charge in [-0.3, -0.25) is 0 Å². The molecule has 2 N–H and O–H groups in total. The zero-order valence-corrected chi connectivity index (χ0v) is 14.3. The number of hydrogen-bond acceptors (Lipinski definition) is 5. The minimum absolute atomic E-state index is 0.137. The van der Waals surface area contributed by atoms with Crippen LogP contribution in [0.25, 0.3) is 0 Å². The molecule has 1 heterocycles. The quantitative estimate of drug-likeness (QED) is 0.818. The summed E-state index contributed by atoms with van der Waals surface area (Å²) in [6.45, 7) is 2.53. The lowest BCUT2D eigenvalue weighted by atomic mass is 10.2. The van der Waals surface area contributed by atoms with Crippen molar-refractivity contribution in [2.75, 3.05) is 36.9 Å². The van der Waals surface area contributed by atoms with Gasteiger partial charge in [0.1, 0.15) is 4.99 Å². The monoisotopic (exact) mass is 344 g/mol. The average Bonchev–Trinajstić information content (AvgIpc) is 2.74. The highest BCUT2D eigenvalue weighted by Crippen LogP contribution is 2.15. The van der Waals surface area contributed by atoms with Crippen LogP contribution in [-0.2, 0) is 9.84 Å². The van der Waals surface area contributed by atoms with Crippen molar-refractivity contribution in [2.45, 2.75) is 11.3 Å². The maximum atomic E-state index is 12.4. The van der Waals surface area contributed by atoms with E-state index in [0.29, 0.717) is 17.0 Å². The third-order valence-electron chi connectivity index (χ3n) is 3.47. The van der Waals surface area contributed by atoms with Crippen molar-refractivity contribution < 1.29 is 8.42 Å².